The van der Waals surface area contributed by atoms with Gasteiger partial charge in [0.25, 0.3) is 5.70 Å². The van der Waals surface area contributed by atoms with Crippen molar-refractivity contribution in [2.45, 2.75) is 0 Å². The molecule has 0 aliphatic rings. The molecule has 5 heteroatoms. The molecule has 0 aliphatic carbocycles. The van der Waals surface area contributed by atoms with Gasteiger partial charge in [-0.25, -0.2) is 0 Å². The molecular formula is C12H8ClNO3. The maximum Gasteiger partial charge on any atom is 0.281 e. The van der Waals surface area contributed by atoms with Crippen LogP contribution in [0.1, 0.15) is 11.3 Å². The Morgan fingerprint density at radius 2 is 2.06 bits per heavy atom. The first-order valence-electron chi connectivity index (χ1n) is 4.83. The Kier molecular flexibility index (Phi) is 3.25. The predicted molar refractivity (Wildman–Crippen MR) is 65.0 cm³/mol. The molecule has 17 heavy (non-hydrogen) atoms. The van der Waals surface area contributed by atoms with Crippen LogP contribution in [0.3, 0.4) is 0 Å². The lowest BCUT2D eigenvalue weighted by molar-refractivity contribution is -0.374. The van der Waals surface area contributed by atoms with E-state index in [1.807, 2.05) is 0 Å². The topological polar surface area (TPSA) is 56.3 Å². The molecular weight excluding hydrogens is 242 g/mol. The second-order valence-electron chi connectivity index (χ2n) is 3.28. The number of hydrogen-bond acceptors (Lipinski definition) is 3. The van der Waals surface area contributed by atoms with Gasteiger partial charge >= 0.3 is 0 Å². The molecule has 0 N–H and O–H groups in total. The van der Waals surface area contributed by atoms with Crippen molar-refractivity contribution in [3.63, 3.8) is 0 Å². The van der Waals surface area contributed by atoms with Gasteiger partial charge in [-0.3, -0.25) is 10.1 Å². The average molecular weight is 250 g/mol. The number of hydrogen-bond donors (Lipinski definition) is 0. The quantitative estimate of drug-likeness (QED) is 0.615. The van der Waals surface area contributed by atoms with Crippen LogP contribution in [0, 0.1) is 10.1 Å². The highest BCUT2D eigenvalue weighted by Gasteiger charge is 2.17. The number of halogens is 1. The van der Waals surface area contributed by atoms with Gasteiger partial charge in [-0.15, -0.1) is 0 Å². The van der Waals surface area contributed by atoms with Gasteiger partial charge in [0, 0.05) is 0 Å². The normalized spacial score (nSPS) is 11.5. The highest BCUT2D eigenvalue weighted by molar-refractivity contribution is 6.32. The summed E-state index contributed by atoms with van der Waals surface area (Å²) in [6.45, 7) is 0. The largest absolute Gasteiger partial charge is 0.465 e. The van der Waals surface area contributed by atoms with E-state index in [2.05, 4.69) is 0 Å². The molecule has 0 atom stereocenters. The van der Waals surface area contributed by atoms with Crippen LogP contribution >= 0.6 is 11.6 Å². The lowest BCUT2D eigenvalue weighted by Gasteiger charge is -2.00. The average Bonchev–Trinajstić information content (AvgIpc) is 2.79. The van der Waals surface area contributed by atoms with E-state index in [4.69, 9.17) is 16.0 Å². The summed E-state index contributed by atoms with van der Waals surface area (Å²) in [5.74, 6) is 0.414. The lowest BCUT2D eigenvalue weighted by Crippen LogP contribution is -1.98. The molecule has 2 aromatic rings. The SMILES string of the molecule is O=[N+]([O-])C(=Cc1ccco1)c1ccccc1Cl. The Labute approximate surface area is 102 Å². The van der Waals surface area contributed by atoms with Gasteiger partial charge in [0.05, 0.1) is 27.8 Å². The third-order valence-corrected chi connectivity index (χ3v) is 2.50. The van der Waals surface area contributed by atoms with Crippen LogP contribution in [0.15, 0.2) is 47.1 Å². The lowest BCUT2D eigenvalue weighted by atomic mass is 10.1. The molecule has 0 spiro atoms. The molecule has 0 saturated carbocycles. The summed E-state index contributed by atoms with van der Waals surface area (Å²) in [5, 5.41) is 11.4. The standard InChI is InChI=1S/C12H8ClNO3/c13-11-6-2-1-5-10(11)12(14(15)16)8-9-4-3-7-17-9/h1-8H. The first kappa shape index (κ1) is 11.4. The fourth-order valence-corrected chi connectivity index (χ4v) is 1.64. The van der Waals surface area contributed by atoms with Crippen LogP contribution in [-0.4, -0.2) is 4.92 Å². The third-order valence-electron chi connectivity index (χ3n) is 2.17. The molecule has 0 fully saturated rings. The molecule has 4 nitrogen and oxygen atoms in total. The number of furan rings is 1. The fourth-order valence-electron chi connectivity index (χ4n) is 1.41. The van der Waals surface area contributed by atoms with Crippen LogP contribution in [0.4, 0.5) is 0 Å². The van der Waals surface area contributed by atoms with Crippen molar-refractivity contribution in [1.82, 2.24) is 0 Å². The summed E-state index contributed by atoms with van der Waals surface area (Å²) in [4.78, 5) is 10.5. The molecule has 86 valence electrons. The molecule has 0 unspecified atom stereocenters. The zero-order valence-corrected chi connectivity index (χ0v) is 9.42. The number of rotatable bonds is 3. The number of benzene rings is 1. The van der Waals surface area contributed by atoms with Gasteiger partial charge in [0.15, 0.2) is 0 Å². The maximum atomic E-state index is 11.0. The molecule has 0 radical (unpaired) electrons. The van der Waals surface area contributed by atoms with E-state index in [9.17, 15) is 10.1 Å². The van der Waals surface area contributed by atoms with Crippen LogP contribution < -0.4 is 0 Å². The van der Waals surface area contributed by atoms with Gasteiger partial charge < -0.3 is 4.42 Å². The van der Waals surface area contributed by atoms with E-state index >= 15 is 0 Å². The highest BCUT2D eigenvalue weighted by atomic mass is 35.5. The van der Waals surface area contributed by atoms with Gasteiger partial charge in [-0.1, -0.05) is 23.7 Å². The summed E-state index contributed by atoms with van der Waals surface area (Å²) in [5.41, 5.74) is 0.279. The molecule has 1 aromatic carbocycles. The second-order valence-corrected chi connectivity index (χ2v) is 3.69. The third kappa shape index (κ3) is 2.54. The van der Waals surface area contributed by atoms with Gasteiger partial charge in [-0.2, -0.15) is 0 Å². The second kappa shape index (κ2) is 4.84. The molecule has 2 rings (SSSR count). The molecule has 0 bridgehead atoms. The Morgan fingerprint density at radius 1 is 1.29 bits per heavy atom. The van der Waals surface area contributed by atoms with Crippen molar-refractivity contribution in [3.05, 3.63) is 69.1 Å². The number of nitrogens with zero attached hydrogens (tertiary/aromatic N) is 1. The molecule has 0 saturated heterocycles. The van der Waals surface area contributed by atoms with Gasteiger partial charge in [0.1, 0.15) is 5.76 Å². The van der Waals surface area contributed by atoms with Crippen molar-refractivity contribution in [3.8, 4) is 0 Å². The van der Waals surface area contributed by atoms with E-state index in [1.54, 1.807) is 36.4 Å². The first-order valence-corrected chi connectivity index (χ1v) is 5.21. The van der Waals surface area contributed by atoms with Crippen molar-refractivity contribution >= 4 is 23.4 Å². The van der Waals surface area contributed by atoms with Crippen molar-refractivity contribution in [2.75, 3.05) is 0 Å². The first-order chi connectivity index (χ1) is 8.18. The zero-order chi connectivity index (χ0) is 12.3. The van der Waals surface area contributed by atoms with Crippen LogP contribution in [0.25, 0.3) is 11.8 Å². The van der Waals surface area contributed by atoms with Crippen LogP contribution in [-0.2, 0) is 0 Å². The Bertz CT molecular complexity index is 561. The van der Waals surface area contributed by atoms with E-state index in [-0.39, 0.29) is 5.70 Å². The van der Waals surface area contributed by atoms with Gasteiger partial charge in [0.2, 0.25) is 0 Å². The van der Waals surface area contributed by atoms with E-state index < -0.39 is 4.92 Å². The predicted octanol–water partition coefficient (Wildman–Crippen LogP) is 3.71. The molecule has 0 amide bonds. The molecule has 0 aliphatic heterocycles. The van der Waals surface area contributed by atoms with Crippen LogP contribution in [0.5, 0.6) is 0 Å². The summed E-state index contributed by atoms with van der Waals surface area (Å²) < 4.78 is 5.05. The minimum atomic E-state index is -0.482. The monoisotopic (exact) mass is 249 g/mol. The minimum Gasteiger partial charge on any atom is -0.465 e. The van der Waals surface area contributed by atoms with Crippen molar-refractivity contribution in [1.29, 1.82) is 0 Å². The Balaban J connectivity index is 2.51. The van der Waals surface area contributed by atoms with Crippen molar-refractivity contribution in [2.24, 2.45) is 0 Å². The van der Waals surface area contributed by atoms with Crippen molar-refractivity contribution < 1.29 is 9.34 Å². The summed E-state index contributed by atoms with van der Waals surface area (Å²) in [7, 11) is 0. The minimum absolute atomic E-state index is 0.0921. The van der Waals surface area contributed by atoms with Crippen LogP contribution in [0.2, 0.25) is 5.02 Å². The molecule has 1 heterocycles. The smallest absolute Gasteiger partial charge is 0.281 e. The number of nitro groups is 1. The van der Waals surface area contributed by atoms with E-state index in [0.717, 1.165) is 0 Å². The van der Waals surface area contributed by atoms with Gasteiger partial charge in [-0.05, 0) is 24.3 Å². The fraction of sp³-hybridized carbons (Fsp3) is 0. The summed E-state index contributed by atoms with van der Waals surface area (Å²) >= 11 is 5.93. The maximum absolute atomic E-state index is 11.0. The Morgan fingerprint density at radius 3 is 2.65 bits per heavy atom. The molecule has 1 aromatic heterocycles. The summed E-state index contributed by atoms with van der Waals surface area (Å²) in [6, 6.07) is 9.92. The zero-order valence-electron chi connectivity index (χ0n) is 8.67. The highest BCUT2D eigenvalue weighted by Crippen LogP contribution is 2.25. The van der Waals surface area contributed by atoms with E-state index in [1.165, 1.54) is 12.3 Å². The Hall–Kier alpha value is -2.07. The summed E-state index contributed by atoms with van der Waals surface area (Å²) in [6.07, 6.45) is 2.80. The van der Waals surface area contributed by atoms with E-state index in [0.29, 0.717) is 16.3 Å².